The Labute approximate surface area is 140 Å². The molecule has 122 valence electrons. The number of fused-ring (bicyclic) bond motifs is 2. The molecule has 4 rings (SSSR count). The van der Waals surface area contributed by atoms with Gasteiger partial charge >= 0.3 is 0 Å². The molecule has 0 radical (unpaired) electrons. The zero-order valence-corrected chi connectivity index (χ0v) is 14.2. The van der Waals surface area contributed by atoms with Crippen molar-refractivity contribution in [2.24, 2.45) is 0 Å². The average Bonchev–Trinajstić information content (AvgIpc) is 3.26. The molecule has 2 saturated heterocycles. The van der Waals surface area contributed by atoms with Gasteiger partial charge in [0.25, 0.3) is 0 Å². The number of aromatic nitrogens is 3. The first-order chi connectivity index (χ1) is 11.2. The molecule has 2 aliphatic rings. The summed E-state index contributed by atoms with van der Waals surface area (Å²) in [6, 6.07) is 3.24. The van der Waals surface area contributed by atoms with Gasteiger partial charge in [-0.25, -0.2) is 0 Å². The second kappa shape index (κ2) is 6.07. The van der Waals surface area contributed by atoms with Crippen molar-refractivity contribution in [3.8, 4) is 0 Å². The summed E-state index contributed by atoms with van der Waals surface area (Å²) in [6.45, 7) is 2.13. The Kier molecular flexibility index (Phi) is 3.93. The van der Waals surface area contributed by atoms with E-state index >= 15 is 0 Å². The molecule has 2 fully saturated rings. The number of piperidine rings is 1. The van der Waals surface area contributed by atoms with Gasteiger partial charge in [0.05, 0.1) is 18.4 Å². The molecular weight excluding hydrogens is 308 g/mol. The van der Waals surface area contributed by atoms with Crippen LogP contribution >= 0.6 is 11.3 Å². The summed E-state index contributed by atoms with van der Waals surface area (Å²) in [7, 11) is 0. The van der Waals surface area contributed by atoms with Crippen LogP contribution in [0, 0.1) is 6.92 Å². The number of nitrogens with zero attached hydrogens (tertiary/aromatic N) is 4. The third-order valence-corrected chi connectivity index (χ3v) is 6.38. The van der Waals surface area contributed by atoms with Crippen molar-refractivity contribution in [2.75, 3.05) is 0 Å². The first kappa shape index (κ1) is 14.9. The summed E-state index contributed by atoms with van der Waals surface area (Å²) in [6.07, 6.45) is 9.25. The molecule has 0 aromatic carbocycles. The normalized spacial score (nSPS) is 26.7. The van der Waals surface area contributed by atoms with E-state index in [9.17, 15) is 4.79 Å². The van der Waals surface area contributed by atoms with Crippen LogP contribution in [0.1, 0.15) is 48.6 Å². The third kappa shape index (κ3) is 2.80. The molecule has 0 aliphatic carbocycles. The number of aryl methyl sites for hydroxylation is 2. The van der Waals surface area contributed by atoms with Gasteiger partial charge in [-0.3, -0.25) is 4.79 Å². The summed E-state index contributed by atoms with van der Waals surface area (Å²) in [4.78, 5) is 18.1. The Morgan fingerprint density at radius 3 is 2.52 bits per heavy atom. The molecule has 23 heavy (non-hydrogen) atoms. The topological polar surface area (TPSA) is 51.0 Å². The predicted octanol–water partition coefficient (Wildman–Crippen LogP) is 2.98. The number of thiophene rings is 1. The molecule has 4 heterocycles. The summed E-state index contributed by atoms with van der Waals surface area (Å²) >= 11 is 1.76. The van der Waals surface area contributed by atoms with Gasteiger partial charge < -0.3 is 4.90 Å². The van der Waals surface area contributed by atoms with Crippen molar-refractivity contribution < 1.29 is 4.79 Å². The fourth-order valence-corrected chi connectivity index (χ4v) is 5.08. The van der Waals surface area contributed by atoms with Crippen molar-refractivity contribution >= 4 is 17.2 Å². The lowest BCUT2D eigenvalue weighted by molar-refractivity contribution is -0.136. The monoisotopic (exact) mass is 330 g/mol. The Hall–Kier alpha value is -1.69. The number of hydrogen-bond acceptors (Lipinski definition) is 4. The lowest BCUT2D eigenvalue weighted by Gasteiger charge is -2.38. The molecule has 2 atom stereocenters. The van der Waals surface area contributed by atoms with Crippen LogP contribution in [0.3, 0.4) is 0 Å². The molecule has 6 heteroatoms. The van der Waals surface area contributed by atoms with Crippen molar-refractivity contribution in [1.82, 2.24) is 19.9 Å². The zero-order valence-electron chi connectivity index (χ0n) is 13.4. The minimum atomic E-state index is 0.331. The van der Waals surface area contributed by atoms with E-state index in [4.69, 9.17) is 0 Å². The molecule has 2 aromatic rings. The predicted molar refractivity (Wildman–Crippen MR) is 89.3 cm³/mol. The molecule has 0 spiro atoms. The van der Waals surface area contributed by atoms with Gasteiger partial charge in [-0.05, 0) is 56.0 Å². The van der Waals surface area contributed by atoms with Gasteiger partial charge in [0.2, 0.25) is 5.91 Å². The summed E-state index contributed by atoms with van der Waals surface area (Å²) in [5.74, 6) is 0.331. The van der Waals surface area contributed by atoms with Crippen molar-refractivity contribution in [3.05, 3.63) is 34.3 Å². The molecule has 2 bridgehead atoms. The number of amides is 1. The van der Waals surface area contributed by atoms with Gasteiger partial charge in [-0.1, -0.05) is 0 Å². The van der Waals surface area contributed by atoms with Crippen molar-refractivity contribution in [3.63, 3.8) is 0 Å². The number of rotatable bonds is 4. The van der Waals surface area contributed by atoms with E-state index in [-0.39, 0.29) is 0 Å². The van der Waals surface area contributed by atoms with E-state index in [1.54, 1.807) is 23.7 Å². The summed E-state index contributed by atoms with van der Waals surface area (Å²) in [5, 5.41) is 10.7. The van der Waals surface area contributed by atoms with Crippen LogP contribution in [0.15, 0.2) is 23.8 Å². The van der Waals surface area contributed by atoms with Crippen LogP contribution in [0.25, 0.3) is 0 Å². The standard InChI is InChI=1S/C17H22N4OS/c1-12-6-9-23-16(12)4-5-17(22)20-13-2-3-14(20)11-15(10-13)21-18-7-8-19-21/h6-9,13-15H,2-5,10-11H2,1H3. The lowest BCUT2D eigenvalue weighted by atomic mass is 9.97. The third-order valence-electron chi connectivity index (χ3n) is 5.29. The van der Waals surface area contributed by atoms with E-state index in [1.165, 1.54) is 10.4 Å². The fraction of sp³-hybridized carbons (Fsp3) is 0.588. The molecule has 2 aromatic heterocycles. The van der Waals surface area contributed by atoms with E-state index in [1.807, 2.05) is 4.80 Å². The molecule has 2 aliphatic heterocycles. The maximum atomic E-state index is 12.8. The largest absolute Gasteiger partial charge is 0.337 e. The molecular formula is C17H22N4OS. The second-order valence-electron chi connectivity index (χ2n) is 6.69. The summed E-state index contributed by atoms with van der Waals surface area (Å²) < 4.78 is 0. The second-order valence-corrected chi connectivity index (χ2v) is 7.69. The Morgan fingerprint density at radius 1 is 1.22 bits per heavy atom. The van der Waals surface area contributed by atoms with E-state index in [0.29, 0.717) is 30.5 Å². The fourth-order valence-electron chi connectivity index (χ4n) is 4.17. The molecule has 5 nitrogen and oxygen atoms in total. The van der Waals surface area contributed by atoms with Gasteiger partial charge in [0.15, 0.2) is 0 Å². The smallest absolute Gasteiger partial charge is 0.223 e. The number of hydrogen-bond donors (Lipinski definition) is 0. The SMILES string of the molecule is Cc1ccsc1CCC(=O)N1C2CCC1CC(n1nccn1)C2. The highest BCUT2D eigenvalue weighted by Gasteiger charge is 2.43. The average molecular weight is 330 g/mol. The van der Waals surface area contributed by atoms with Gasteiger partial charge in [-0.15, -0.1) is 11.3 Å². The van der Waals surface area contributed by atoms with E-state index in [2.05, 4.69) is 33.5 Å². The highest BCUT2D eigenvalue weighted by molar-refractivity contribution is 7.10. The van der Waals surface area contributed by atoms with Crippen LogP contribution in [0.5, 0.6) is 0 Å². The van der Waals surface area contributed by atoms with Crippen LogP contribution in [-0.4, -0.2) is 37.9 Å². The van der Waals surface area contributed by atoms with Crippen molar-refractivity contribution in [2.45, 2.75) is 63.6 Å². The minimum Gasteiger partial charge on any atom is -0.337 e. The number of carbonyl (C=O) groups is 1. The van der Waals surface area contributed by atoms with E-state index in [0.717, 1.165) is 32.1 Å². The van der Waals surface area contributed by atoms with Crippen LogP contribution in [-0.2, 0) is 11.2 Å². The highest BCUT2D eigenvalue weighted by atomic mass is 32.1. The van der Waals surface area contributed by atoms with Crippen molar-refractivity contribution in [1.29, 1.82) is 0 Å². The molecule has 0 saturated carbocycles. The maximum Gasteiger partial charge on any atom is 0.223 e. The highest BCUT2D eigenvalue weighted by Crippen LogP contribution is 2.40. The molecule has 0 N–H and O–H groups in total. The maximum absolute atomic E-state index is 12.8. The quantitative estimate of drug-likeness (QED) is 0.866. The van der Waals surface area contributed by atoms with E-state index < -0.39 is 0 Å². The number of carbonyl (C=O) groups excluding carboxylic acids is 1. The Bertz CT molecular complexity index is 667. The Balaban J connectivity index is 1.40. The molecule has 2 unspecified atom stereocenters. The lowest BCUT2D eigenvalue weighted by Crippen LogP contribution is -2.47. The first-order valence-corrected chi connectivity index (χ1v) is 9.30. The van der Waals surface area contributed by atoms with Crippen LogP contribution < -0.4 is 0 Å². The minimum absolute atomic E-state index is 0.331. The van der Waals surface area contributed by atoms with Gasteiger partial charge in [-0.2, -0.15) is 15.0 Å². The first-order valence-electron chi connectivity index (χ1n) is 8.42. The zero-order chi connectivity index (χ0) is 15.8. The van der Waals surface area contributed by atoms with Crippen LogP contribution in [0.4, 0.5) is 0 Å². The summed E-state index contributed by atoms with van der Waals surface area (Å²) in [5.41, 5.74) is 1.31. The molecule has 1 amide bonds. The Morgan fingerprint density at radius 2 is 1.91 bits per heavy atom. The van der Waals surface area contributed by atoms with Crippen LogP contribution in [0.2, 0.25) is 0 Å². The van der Waals surface area contributed by atoms with Gasteiger partial charge in [0.1, 0.15) is 0 Å². The van der Waals surface area contributed by atoms with Gasteiger partial charge in [0, 0.05) is 23.4 Å².